The van der Waals surface area contributed by atoms with Crippen LogP contribution in [0.2, 0.25) is 0 Å². The highest BCUT2D eigenvalue weighted by Gasteiger charge is 2.15. The van der Waals surface area contributed by atoms with Crippen LogP contribution in [0.3, 0.4) is 0 Å². The Hall–Kier alpha value is -2.82. The van der Waals surface area contributed by atoms with Crippen LogP contribution in [0.25, 0.3) is 0 Å². The molecule has 0 aliphatic rings. The zero-order valence-electron chi connectivity index (χ0n) is 12.6. The number of para-hydroxylation sites is 1. The van der Waals surface area contributed by atoms with E-state index in [1.807, 2.05) is 30.3 Å². The van der Waals surface area contributed by atoms with Gasteiger partial charge in [0.05, 0.1) is 7.11 Å². The summed E-state index contributed by atoms with van der Waals surface area (Å²) in [5.74, 6) is 0.0122. The van der Waals surface area contributed by atoms with Crippen LogP contribution in [0.15, 0.2) is 54.6 Å². The summed E-state index contributed by atoms with van der Waals surface area (Å²) in [6.45, 7) is 0. The molecule has 5 heteroatoms. The molecule has 22 heavy (non-hydrogen) atoms. The normalized spacial score (nSPS) is 9.91. The lowest BCUT2D eigenvalue weighted by Crippen LogP contribution is -2.30. The van der Waals surface area contributed by atoms with E-state index in [9.17, 15) is 9.59 Å². The molecule has 2 amide bonds. The Kier molecular flexibility index (Phi) is 5.14. The number of hydrogen-bond acceptors (Lipinski definition) is 3. The number of rotatable bonds is 5. The average Bonchev–Trinajstić information content (AvgIpc) is 2.55. The number of ether oxygens (including phenoxy) is 1. The molecule has 0 saturated carbocycles. The molecule has 0 radical (unpaired) electrons. The number of benzene rings is 2. The van der Waals surface area contributed by atoms with Crippen molar-refractivity contribution >= 4 is 23.2 Å². The molecule has 2 rings (SSSR count). The number of methoxy groups -OCH3 is 1. The van der Waals surface area contributed by atoms with Crippen molar-refractivity contribution in [2.75, 3.05) is 24.4 Å². The summed E-state index contributed by atoms with van der Waals surface area (Å²) in [4.78, 5) is 25.5. The Morgan fingerprint density at radius 2 is 1.82 bits per heavy atom. The monoisotopic (exact) mass is 298 g/mol. The second-order valence-corrected chi connectivity index (χ2v) is 4.75. The number of nitrogens with zero attached hydrogens (tertiary/aromatic N) is 1. The number of amides is 2. The van der Waals surface area contributed by atoms with Gasteiger partial charge in [-0.2, -0.15) is 0 Å². The van der Waals surface area contributed by atoms with Crippen LogP contribution in [-0.2, 0) is 9.59 Å². The van der Waals surface area contributed by atoms with E-state index in [0.717, 1.165) is 5.69 Å². The molecular formula is C17H18N2O3. The van der Waals surface area contributed by atoms with Crippen molar-refractivity contribution < 1.29 is 14.3 Å². The van der Waals surface area contributed by atoms with Crippen molar-refractivity contribution in [1.29, 1.82) is 0 Å². The summed E-state index contributed by atoms with van der Waals surface area (Å²) in [6.07, 6.45) is -0.220. The predicted octanol–water partition coefficient (Wildman–Crippen LogP) is 2.69. The zero-order valence-corrected chi connectivity index (χ0v) is 12.6. The summed E-state index contributed by atoms with van der Waals surface area (Å²) in [7, 11) is 3.20. The van der Waals surface area contributed by atoms with Gasteiger partial charge in [-0.3, -0.25) is 9.59 Å². The van der Waals surface area contributed by atoms with E-state index in [1.54, 1.807) is 38.4 Å². The Morgan fingerprint density at radius 1 is 1.09 bits per heavy atom. The second kappa shape index (κ2) is 7.26. The van der Waals surface area contributed by atoms with Crippen molar-refractivity contribution in [3.8, 4) is 5.75 Å². The van der Waals surface area contributed by atoms with Crippen LogP contribution < -0.4 is 15.0 Å². The quantitative estimate of drug-likeness (QED) is 0.863. The molecule has 0 unspecified atom stereocenters. The van der Waals surface area contributed by atoms with Gasteiger partial charge in [0.15, 0.2) is 0 Å². The molecule has 1 N–H and O–H groups in total. The number of carbonyl (C=O) groups is 2. The fourth-order valence-corrected chi connectivity index (χ4v) is 1.96. The van der Waals surface area contributed by atoms with Crippen LogP contribution in [0.4, 0.5) is 11.4 Å². The molecule has 0 heterocycles. The zero-order chi connectivity index (χ0) is 15.9. The van der Waals surface area contributed by atoms with Gasteiger partial charge in [0, 0.05) is 24.5 Å². The van der Waals surface area contributed by atoms with Crippen LogP contribution in [0.5, 0.6) is 5.75 Å². The Bertz CT molecular complexity index is 656. The van der Waals surface area contributed by atoms with Gasteiger partial charge in [-0.15, -0.1) is 0 Å². The minimum Gasteiger partial charge on any atom is -0.497 e. The Morgan fingerprint density at radius 3 is 2.50 bits per heavy atom. The van der Waals surface area contributed by atoms with Gasteiger partial charge < -0.3 is 15.0 Å². The molecule has 0 fully saturated rings. The molecule has 2 aromatic carbocycles. The van der Waals surface area contributed by atoms with Crippen LogP contribution >= 0.6 is 0 Å². The van der Waals surface area contributed by atoms with Gasteiger partial charge in [0.25, 0.3) is 0 Å². The Labute approximate surface area is 129 Å². The molecule has 0 spiro atoms. The van der Waals surface area contributed by atoms with E-state index in [-0.39, 0.29) is 18.2 Å². The molecule has 5 nitrogen and oxygen atoms in total. The highest BCUT2D eigenvalue weighted by Crippen LogP contribution is 2.17. The van der Waals surface area contributed by atoms with Gasteiger partial charge in [-0.25, -0.2) is 0 Å². The van der Waals surface area contributed by atoms with E-state index in [1.165, 1.54) is 4.90 Å². The van der Waals surface area contributed by atoms with E-state index >= 15 is 0 Å². The van der Waals surface area contributed by atoms with Crippen molar-refractivity contribution in [2.24, 2.45) is 0 Å². The van der Waals surface area contributed by atoms with Gasteiger partial charge >= 0.3 is 0 Å². The molecule has 2 aromatic rings. The fourth-order valence-electron chi connectivity index (χ4n) is 1.96. The summed E-state index contributed by atoms with van der Waals surface area (Å²) in [5, 5.41) is 2.69. The van der Waals surface area contributed by atoms with Gasteiger partial charge in [-0.1, -0.05) is 24.3 Å². The van der Waals surface area contributed by atoms with Crippen LogP contribution in [0.1, 0.15) is 6.42 Å². The largest absolute Gasteiger partial charge is 0.497 e. The lowest BCUT2D eigenvalue weighted by atomic mass is 10.2. The van der Waals surface area contributed by atoms with E-state index in [4.69, 9.17) is 4.74 Å². The van der Waals surface area contributed by atoms with Crippen LogP contribution in [0, 0.1) is 0 Å². The summed E-state index contributed by atoms with van der Waals surface area (Å²) < 4.78 is 5.09. The first-order valence-corrected chi connectivity index (χ1v) is 6.85. The minimum atomic E-state index is -0.360. The lowest BCUT2D eigenvalue weighted by Gasteiger charge is -2.17. The topological polar surface area (TPSA) is 58.6 Å². The van der Waals surface area contributed by atoms with Crippen LogP contribution in [-0.4, -0.2) is 26.0 Å². The Balaban J connectivity index is 1.95. The molecule has 0 atom stereocenters. The molecule has 0 aliphatic carbocycles. The number of hydrogen-bond donors (Lipinski definition) is 1. The molecule has 0 saturated heterocycles. The third kappa shape index (κ3) is 4.09. The lowest BCUT2D eigenvalue weighted by molar-refractivity contribution is -0.125. The first-order valence-electron chi connectivity index (χ1n) is 6.85. The standard InChI is InChI=1S/C17H18N2O3/c1-19(14-8-4-3-5-9-14)17(21)12-16(20)18-13-7-6-10-15(11-13)22-2/h3-11H,12H2,1-2H3,(H,18,20). The predicted molar refractivity (Wildman–Crippen MR) is 86.1 cm³/mol. The molecule has 114 valence electrons. The third-order valence-electron chi connectivity index (χ3n) is 3.18. The van der Waals surface area contributed by atoms with E-state index in [0.29, 0.717) is 11.4 Å². The highest BCUT2D eigenvalue weighted by atomic mass is 16.5. The summed E-state index contributed by atoms with van der Waals surface area (Å²) >= 11 is 0. The van der Waals surface area contributed by atoms with Crippen molar-refractivity contribution in [3.05, 3.63) is 54.6 Å². The fraction of sp³-hybridized carbons (Fsp3) is 0.176. The van der Waals surface area contributed by atoms with E-state index in [2.05, 4.69) is 5.32 Å². The number of anilines is 2. The van der Waals surface area contributed by atoms with Gasteiger partial charge in [0.2, 0.25) is 11.8 Å². The maximum atomic E-state index is 12.1. The molecular weight excluding hydrogens is 280 g/mol. The van der Waals surface area contributed by atoms with Crippen molar-refractivity contribution in [2.45, 2.75) is 6.42 Å². The minimum absolute atomic E-state index is 0.220. The second-order valence-electron chi connectivity index (χ2n) is 4.75. The van der Waals surface area contributed by atoms with E-state index < -0.39 is 0 Å². The smallest absolute Gasteiger partial charge is 0.236 e. The first kappa shape index (κ1) is 15.6. The SMILES string of the molecule is COc1cccc(NC(=O)CC(=O)N(C)c2ccccc2)c1. The molecule has 0 aliphatic heterocycles. The van der Waals surface area contributed by atoms with Gasteiger partial charge in [-0.05, 0) is 24.3 Å². The maximum Gasteiger partial charge on any atom is 0.236 e. The summed E-state index contributed by atoms with van der Waals surface area (Å²) in [5.41, 5.74) is 1.35. The summed E-state index contributed by atoms with van der Waals surface area (Å²) in [6, 6.07) is 16.2. The number of carbonyl (C=O) groups excluding carboxylic acids is 2. The third-order valence-corrected chi connectivity index (χ3v) is 3.18. The molecule has 0 bridgehead atoms. The number of nitrogens with one attached hydrogen (secondary N) is 1. The van der Waals surface area contributed by atoms with Crippen molar-refractivity contribution in [3.63, 3.8) is 0 Å². The first-order chi connectivity index (χ1) is 10.6. The molecule has 0 aromatic heterocycles. The van der Waals surface area contributed by atoms with Crippen molar-refractivity contribution in [1.82, 2.24) is 0 Å². The van der Waals surface area contributed by atoms with Gasteiger partial charge in [0.1, 0.15) is 12.2 Å². The average molecular weight is 298 g/mol. The highest BCUT2D eigenvalue weighted by molar-refractivity contribution is 6.08. The maximum absolute atomic E-state index is 12.1.